The summed E-state index contributed by atoms with van der Waals surface area (Å²) in [4.78, 5) is 0. The maximum Gasteiger partial charge on any atom is 0.171 e. The summed E-state index contributed by atoms with van der Waals surface area (Å²) in [5.41, 5.74) is -0.0512. The van der Waals surface area contributed by atoms with Crippen molar-refractivity contribution in [3.05, 3.63) is 10.8 Å². The third-order valence-electron chi connectivity index (χ3n) is 2.84. The first-order valence-electron chi connectivity index (χ1n) is 6.13. The van der Waals surface area contributed by atoms with Crippen LogP contribution in [-0.4, -0.2) is 26.4 Å². The van der Waals surface area contributed by atoms with E-state index in [1.54, 1.807) is 11.3 Å². The van der Waals surface area contributed by atoms with E-state index in [0.29, 0.717) is 19.8 Å². The smallest absolute Gasteiger partial charge is 0.171 e. The Morgan fingerprint density at radius 3 is 2.53 bits per heavy atom. The van der Waals surface area contributed by atoms with Crippen LogP contribution in [0, 0.1) is 5.41 Å². The van der Waals surface area contributed by atoms with Crippen LogP contribution in [0.3, 0.4) is 0 Å². The molecule has 2 heterocycles. The number of hydrogen-bond acceptors (Lipinski definition) is 4. The largest absolute Gasteiger partial charge is 0.488 e. The van der Waals surface area contributed by atoms with E-state index in [4.69, 9.17) is 14.2 Å². The minimum Gasteiger partial charge on any atom is -0.488 e. The first-order valence-corrected chi connectivity index (χ1v) is 7.07. The van der Waals surface area contributed by atoms with Crippen molar-refractivity contribution in [1.82, 2.24) is 0 Å². The predicted octanol–water partition coefficient (Wildman–Crippen LogP) is 3.34. The highest BCUT2D eigenvalue weighted by Gasteiger charge is 2.30. The van der Waals surface area contributed by atoms with Crippen LogP contribution in [0.5, 0.6) is 11.5 Å². The number of rotatable bonds is 5. The van der Waals surface area contributed by atoms with Crippen molar-refractivity contribution in [2.24, 2.45) is 5.41 Å². The van der Waals surface area contributed by atoms with Gasteiger partial charge >= 0.3 is 0 Å². The molecular weight excluding hydrogens is 236 g/mol. The van der Waals surface area contributed by atoms with Crippen molar-refractivity contribution >= 4 is 11.3 Å². The van der Waals surface area contributed by atoms with Crippen LogP contribution >= 0.6 is 11.3 Å². The Kier molecular flexibility index (Phi) is 4.29. The summed E-state index contributed by atoms with van der Waals surface area (Å²) in [5, 5.41) is 3.97. The molecule has 0 bridgehead atoms. The lowest BCUT2D eigenvalue weighted by Crippen LogP contribution is -2.35. The summed E-state index contributed by atoms with van der Waals surface area (Å²) < 4.78 is 17.2. The molecule has 0 radical (unpaired) electrons. The number of hydrogen-bond donors (Lipinski definition) is 0. The van der Waals surface area contributed by atoms with E-state index in [0.717, 1.165) is 24.5 Å². The summed E-state index contributed by atoms with van der Waals surface area (Å²) >= 11 is 1.61. The third kappa shape index (κ3) is 3.36. The quantitative estimate of drug-likeness (QED) is 0.756. The molecule has 1 aliphatic rings. The molecule has 1 aromatic rings. The van der Waals surface area contributed by atoms with Gasteiger partial charge in [-0.15, -0.1) is 11.3 Å². The van der Waals surface area contributed by atoms with E-state index in [-0.39, 0.29) is 5.41 Å². The second-order valence-corrected chi connectivity index (χ2v) is 5.64. The van der Waals surface area contributed by atoms with Gasteiger partial charge in [0.25, 0.3) is 0 Å². The van der Waals surface area contributed by atoms with Crippen molar-refractivity contribution < 1.29 is 14.2 Å². The normalized spacial score (nSPS) is 17.8. The highest BCUT2D eigenvalue weighted by molar-refractivity contribution is 7.08. The number of thiophene rings is 1. The van der Waals surface area contributed by atoms with E-state index < -0.39 is 0 Å². The molecule has 0 N–H and O–H groups in total. The first kappa shape index (κ1) is 12.7. The molecule has 0 spiro atoms. The maximum atomic E-state index is 5.77. The zero-order valence-corrected chi connectivity index (χ0v) is 11.3. The fourth-order valence-electron chi connectivity index (χ4n) is 1.68. The number of ether oxygens (including phenoxy) is 3. The minimum atomic E-state index is -0.0512. The molecule has 2 rings (SSSR count). The van der Waals surface area contributed by atoms with Crippen LogP contribution in [0.15, 0.2) is 10.8 Å². The van der Waals surface area contributed by atoms with Gasteiger partial charge in [-0.05, 0) is 6.42 Å². The Labute approximate surface area is 107 Å². The van der Waals surface area contributed by atoms with Crippen LogP contribution in [-0.2, 0) is 4.74 Å². The van der Waals surface area contributed by atoms with Gasteiger partial charge in [-0.25, -0.2) is 0 Å². The van der Waals surface area contributed by atoms with Gasteiger partial charge in [-0.2, -0.15) is 0 Å². The van der Waals surface area contributed by atoms with Gasteiger partial charge in [-0.1, -0.05) is 20.3 Å². The lowest BCUT2D eigenvalue weighted by Gasteiger charge is -2.26. The molecule has 0 saturated carbocycles. The van der Waals surface area contributed by atoms with Crippen LogP contribution < -0.4 is 9.47 Å². The molecule has 96 valence electrons. The average Bonchev–Trinajstić information content (AvgIpc) is 2.72. The highest BCUT2D eigenvalue weighted by atomic mass is 32.1. The van der Waals surface area contributed by atoms with Gasteiger partial charge in [0.2, 0.25) is 0 Å². The van der Waals surface area contributed by atoms with E-state index in [1.165, 1.54) is 6.42 Å². The molecule has 1 aliphatic heterocycles. The standard InChI is InChI=1S/C13H20O3S/c1-3-4-5-14-8-13(2)9-15-11-6-17-7-12(11)16-10-13/h6-7H,3-5,8-10H2,1-2H3. The van der Waals surface area contributed by atoms with Gasteiger partial charge < -0.3 is 14.2 Å². The van der Waals surface area contributed by atoms with Crippen LogP contribution in [0.4, 0.5) is 0 Å². The summed E-state index contributed by atoms with van der Waals surface area (Å²) in [5.74, 6) is 1.74. The zero-order chi connectivity index (χ0) is 12.1. The number of unbranched alkanes of at least 4 members (excludes halogenated alkanes) is 1. The number of fused-ring (bicyclic) bond motifs is 1. The molecular formula is C13H20O3S. The van der Waals surface area contributed by atoms with E-state index in [2.05, 4.69) is 13.8 Å². The Morgan fingerprint density at radius 2 is 1.94 bits per heavy atom. The Bertz CT molecular complexity index is 326. The Morgan fingerprint density at radius 1 is 1.29 bits per heavy atom. The van der Waals surface area contributed by atoms with Crippen LogP contribution in [0.2, 0.25) is 0 Å². The molecule has 1 aromatic heterocycles. The van der Waals surface area contributed by atoms with Crippen molar-refractivity contribution in [2.45, 2.75) is 26.7 Å². The van der Waals surface area contributed by atoms with E-state index in [1.807, 2.05) is 10.8 Å². The topological polar surface area (TPSA) is 27.7 Å². The SMILES string of the molecule is CCCCOCC1(C)COc2cscc2OC1. The second kappa shape index (κ2) is 5.74. The molecule has 0 amide bonds. The van der Waals surface area contributed by atoms with Gasteiger partial charge in [0.15, 0.2) is 11.5 Å². The maximum absolute atomic E-state index is 5.77. The van der Waals surface area contributed by atoms with E-state index in [9.17, 15) is 0 Å². The highest BCUT2D eigenvalue weighted by Crippen LogP contribution is 2.36. The lowest BCUT2D eigenvalue weighted by molar-refractivity contribution is 0.00593. The molecule has 17 heavy (non-hydrogen) atoms. The van der Waals surface area contributed by atoms with Crippen molar-refractivity contribution in [3.8, 4) is 11.5 Å². The molecule has 0 aliphatic carbocycles. The summed E-state index contributed by atoms with van der Waals surface area (Å²) in [6, 6.07) is 0. The second-order valence-electron chi connectivity index (χ2n) is 4.89. The summed E-state index contributed by atoms with van der Waals surface area (Å²) in [7, 11) is 0. The van der Waals surface area contributed by atoms with Crippen LogP contribution in [0.25, 0.3) is 0 Å². The minimum absolute atomic E-state index is 0.0512. The molecule has 4 heteroatoms. The summed E-state index contributed by atoms with van der Waals surface area (Å²) in [6.07, 6.45) is 2.28. The van der Waals surface area contributed by atoms with Crippen molar-refractivity contribution in [1.29, 1.82) is 0 Å². The fraction of sp³-hybridized carbons (Fsp3) is 0.692. The average molecular weight is 256 g/mol. The molecule has 0 unspecified atom stereocenters. The fourth-order valence-corrected chi connectivity index (χ4v) is 2.36. The Hall–Kier alpha value is -0.740. The molecule has 0 fully saturated rings. The van der Waals surface area contributed by atoms with Gasteiger partial charge in [0, 0.05) is 17.4 Å². The molecule has 0 atom stereocenters. The monoisotopic (exact) mass is 256 g/mol. The summed E-state index contributed by atoms with van der Waals surface area (Å²) in [6.45, 7) is 7.15. The van der Waals surface area contributed by atoms with Gasteiger partial charge in [0.1, 0.15) is 0 Å². The van der Waals surface area contributed by atoms with Crippen molar-refractivity contribution in [2.75, 3.05) is 26.4 Å². The Balaban J connectivity index is 1.84. The van der Waals surface area contributed by atoms with Gasteiger partial charge in [-0.3, -0.25) is 0 Å². The van der Waals surface area contributed by atoms with Crippen LogP contribution in [0.1, 0.15) is 26.7 Å². The van der Waals surface area contributed by atoms with Crippen molar-refractivity contribution in [3.63, 3.8) is 0 Å². The predicted molar refractivity (Wildman–Crippen MR) is 69.1 cm³/mol. The zero-order valence-electron chi connectivity index (χ0n) is 10.5. The first-order chi connectivity index (χ1) is 8.23. The third-order valence-corrected chi connectivity index (χ3v) is 3.54. The molecule has 0 aromatic carbocycles. The van der Waals surface area contributed by atoms with Gasteiger partial charge in [0.05, 0.1) is 25.2 Å². The van der Waals surface area contributed by atoms with E-state index >= 15 is 0 Å². The lowest BCUT2D eigenvalue weighted by atomic mass is 9.94. The molecule has 0 saturated heterocycles. The molecule has 3 nitrogen and oxygen atoms in total.